The van der Waals surface area contributed by atoms with Crippen LogP contribution >= 0.6 is 11.6 Å². The number of halogens is 1. The predicted molar refractivity (Wildman–Crippen MR) is 91.4 cm³/mol. The molecule has 0 aromatic heterocycles. The van der Waals surface area contributed by atoms with Crippen LogP contribution in [-0.2, 0) is 9.59 Å². The molecule has 0 bridgehead atoms. The second-order valence-electron chi connectivity index (χ2n) is 6.31. The molecule has 1 heterocycles. The molecular weight excluding hydrogens is 332 g/mol. The summed E-state index contributed by atoms with van der Waals surface area (Å²) in [5.41, 5.74) is 0.770. The lowest BCUT2D eigenvalue weighted by Gasteiger charge is -2.19. The molecule has 2 amide bonds. The van der Waals surface area contributed by atoms with Crippen LogP contribution < -0.4 is 10.2 Å². The molecule has 1 aliphatic rings. The number of nitrogens with one attached hydrogen (secondary N) is 1. The molecule has 1 unspecified atom stereocenters. The minimum Gasteiger partial charge on any atom is -0.480 e. The van der Waals surface area contributed by atoms with Gasteiger partial charge >= 0.3 is 5.97 Å². The normalized spacial score (nSPS) is 15.7. The highest BCUT2D eigenvalue weighted by Crippen LogP contribution is 2.26. The second-order valence-corrected chi connectivity index (χ2v) is 6.71. The molecule has 0 radical (unpaired) electrons. The number of nitrogens with zero attached hydrogens (tertiary/aromatic N) is 1. The van der Waals surface area contributed by atoms with E-state index in [-0.39, 0.29) is 22.4 Å². The Morgan fingerprint density at radius 1 is 1.38 bits per heavy atom. The Morgan fingerprint density at radius 2 is 2.08 bits per heavy atom. The van der Waals surface area contributed by atoms with Crippen molar-refractivity contribution in [3.8, 4) is 0 Å². The van der Waals surface area contributed by atoms with E-state index >= 15 is 0 Å². The molecule has 0 saturated carbocycles. The number of hydrogen-bond donors (Lipinski definition) is 2. The van der Waals surface area contributed by atoms with E-state index in [9.17, 15) is 19.5 Å². The lowest BCUT2D eigenvalue weighted by atomic mass is 10.0. The number of aliphatic carboxylic acids is 1. The third-order valence-electron chi connectivity index (χ3n) is 3.89. The van der Waals surface area contributed by atoms with Crippen molar-refractivity contribution in [1.29, 1.82) is 0 Å². The van der Waals surface area contributed by atoms with E-state index in [1.165, 1.54) is 6.07 Å². The summed E-state index contributed by atoms with van der Waals surface area (Å²) in [6.45, 7) is 4.37. The number of anilines is 1. The molecule has 0 spiro atoms. The van der Waals surface area contributed by atoms with E-state index in [0.29, 0.717) is 25.1 Å². The highest BCUT2D eigenvalue weighted by molar-refractivity contribution is 6.34. The summed E-state index contributed by atoms with van der Waals surface area (Å²) in [5, 5.41) is 12.0. The van der Waals surface area contributed by atoms with Crippen LogP contribution in [0.25, 0.3) is 0 Å². The average molecular weight is 353 g/mol. The van der Waals surface area contributed by atoms with Crippen molar-refractivity contribution in [3.05, 3.63) is 28.8 Å². The zero-order valence-corrected chi connectivity index (χ0v) is 14.5. The van der Waals surface area contributed by atoms with E-state index in [4.69, 9.17) is 11.6 Å². The first-order chi connectivity index (χ1) is 11.3. The fraction of sp³-hybridized carbons (Fsp3) is 0.471. The molecule has 1 atom stereocenters. The zero-order chi connectivity index (χ0) is 17.9. The van der Waals surface area contributed by atoms with Gasteiger partial charge in [-0.05, 0) is 37.0 Å². The van der Waals surface area contributed by atoms with Crippen molar-refractivity contribution in [2.45, 2.75) is 39.2 Å². The fourth-order valence-corrected chi connectivity index (χ4v) is 2.91. The van der Waals surface area contributed by atoms with Crippen LogP contribution in [0.3, 0.4) is 0 Å². The first-order valence-corrected chi connectivity index (χ1v) is 8.31. The number of carbonyl (C=O) groups is 3. The molecule has 1 aliphatic heterocycles. The molecule has 2 N–H and O–H groups in total. The molecule has 1 saturated heterocycles. The van der Waals surface area contributed by atoms with Crippen molar-refractivity contribution in [2.24, 2.45) is 5.92 Å². The van der Waals surface area contributed by atoms with E-state index in [1.807, 2.05) is 13.8 Å². The van der Waals surface area contributed by atoms with Crippen LogP contribution in [0.1, 0.15) is 43.5 Å². The largest absolute Gasteiger partial charge is 0.480 e. The Bertz CT molecular complexity index is 660. The Balaban J connectivity index is 2.21. The van der Waals surface area contributed by atoms with E-state index < -0.39 is 17.9 Å². The number of benzene rings is 1. The van der Waals surface area contributed by atoms with Gasteiger partial charge in [0.2, 0.25) is 5.91 Å². The summed E-state index contributed by atoms with van der Waals surface area (Å²) in [5.74, 6) is -1.51. The lowest BCUT2D eigenvalue weighted by Crippen LogP contribution is -2.41. The van der Waals surface area contributed by atoms with Crippen molar-refractivity contribution in [1.82, 2.24) is 5.32 Å². The van der Waals surface area contributed by atoms with Gasteiger partial charge in [-0.1, -0.05) is 25.4 Å². The Labute approximate surface area is 145 Å². The maximum Gasteiger partial charge on any atom is 0.326 e. The molecule has 0 aliphatic carbocycles. The van der Waals surface area contributed by atoms with E-state index in [2.05, 4.69) is 5.32 Å². The van der Waals surface area contributed by atoms with Crippen molar-refractivity contribution in [3.63, 3.8) is 0 Å². The molecule has 2 rings (SSSR count). The molecule has 24 heavy (non-hydrogen) atoms. The Morgan fingerprint density at radius 3 is 2.62 bits per heavy atom. The lowest BCUT2D eigenvalue weighted by molar-refractivity contribution is -0.139. The molecule has 7 heteroatoms. The number of amides is 2. The molecule has 1 aromatic carbocycles. The second kappa shape index (κ2) is 7.66. The summed E-state index contributed by atoms with van der Waals surface area (Å²) in [4.78, 5) is 37.2. The van der Waals surface area contributed by atoms with Crippen LogP contribution in [0.4, 0.5) is 5.69 Å². The highest BCUT2D eigenvalue weighted by atomic mass is 35.5. The number of carboxylic acid groups (broad SMARTS) is 1. The molecular formula is C17H21ClN2O4. The molecule has 6 nitrogen and oxygen atoms in total. The minimum absolute atomic E-state index is 0.00639. The topological polar surface area (TPSA) is 86.7 Å². The maximum absolute atomic E-state index is 12.4. The zero-order valence-electron chi connectivity index (χ0n) is 13.7. The Kier molecular flexibility index (Phi) is 5.83. The standard InChI is InChI=1S/C17H21ClN2O4/c1-10(2)8-14(17(23)24)19-16(22)12-9-11(5-6-13(12)18)20-7-3-4-15(20)21/h5-6,9-10,14H,3-4,7-8H2,1-2H3,(H,19,22)(H,23,24). The molecule has 1 fully saturated rings. The SMILES string of the molecule is CC(C)CC(NC(=O)c1cc(N2CCCC2=O)ccc1Cl)C(=O)O. The third kappa shape index (κ3) is 4.26. The van der Waals surface area contributed by atoms with Gasteiger partial charge in [0.05, 0.1) is 10.6 Å². The average Bonchev–Trinajstić information content (AvgIpc) is 2.92. The smallest absolute Gasteiger partial charge is 0.326 e. The summed E-state index contributed by atoms with van der Waals surface area (Å²) in [6.07, 6.45) is 1.58. The van der Waals surface area contributed by atoms with Gasteiger partial charge in [-0.2, -0.15) is 0 Å². The van der Waals surface area contributed by atoms with Crippen LogP contribution in [0.15, 0.2) is 18.2 Å². The highest BCUT2D eigenvalue weighted by Gasteiger charge is 2.25. The monoisotopic (exact) mass is 352 g/mol. The summed E-state index contributed by atoms with van der Waals surface area (Å²) in [7, 11) is 0. The molecule has 1 aromatic rings. The summed E-state index contributed by atoms with van der Waals surface area (Å²) < 4.78 is 0. The van der Waals surface area contributed by atoms with Gasteiger partial charge in [-0.15, -0.1) is 0 Å². The van der Waals surface area contributed by atoms with Gasteiger partial charge in [0, 0.05) is 18.7 Å². The van der Waals surface area contributed by atoms with Crippen LogP contribution in [0.2, 0.25) is 5.02 Å². The van der Waals surface area contributed by atoms with Crippen LogP contribution in [0.5, 0.6) is 0 Å². The Hall–Kier alpha value is -2.08. The maximum atomic E-state index is 12.4. The first kappa shape index (κ1) is 18.3. The molecule has 130 valence electrons. The summed E-state index contributed by atoms with van der Waals surface area (Å²) in [6, 6.07) is 3.79. The fourth-order valence-electron chi connectivity index (χ4n) is 2.71. The van der Waals surface area contributed by atoms with Gasteiger partial charge in [0.15, 0.2) is 0 Å². The third-order valence-corrected chi connectivity index (χ3v) is 4.22. The number of carboxylic acids is 1. The number of rotatable bonds is 6. The van der Waals surface area contributed by atoms with Crippen molar-refractivity contribution < 1.29 is 19.5 Å². The number of carbonyl (C=O) groups excluding carboxylic acids is 2. The summed E-state index contributed by atoms with van der Waals surface area (Å²) >= 11 is 6.09. The van der Waals surface area contributed by atoms with Crippen molar-refractivity contribution in [2.75, 3.05) is 11.4 Å². The van der Waals surface area contributed by atoms with E-state index in [1.54, 1.807) is 17.0 Å². The van der Waals surface area contributed by atoms with Crippen molar-refractivity contribution >= 4 is 35.1 Å². The van der Waals surface area contributed by atoms with Gasteiger partial charge < -0.3 is 15.3 Å². The number of hydrogen-bond acceptors (Lipinski definition) is 3. The van der Waals surface area contributed by atoms with Gasteiger partial charge in [-0.25, -0.2) is 4.79 Å². The first-order valence-electron chi connectivity index (χ1n) is 7.93. The van der Waals surface area contributed by atoms with Gasteiger partial charge in [0.25, 0.3) is 5.91 Å². The van der Waals surface area contributed by atoms with Crippen LogP contribution in [0, 0.1) is 5.92 Å². The minimum atomic E-state index is -1.08. The van der Waals surface area contributed by atoms with E-state index in [0.717, 1.165) is 6.42 Å². The van der Waals surface area contributed by atoms with Crippen LogP contribution in [-0.4, -0.2) is 35.5 Å². The quantitative estimate of drug-likeness (QED) is 0.824. The van der Waals surface area contributed by atoms with Gasteiger partial charge in [0.1, 0.15) is 6.04 Å². The predicted octanol–water partition coefficient (Wildman–Crippen LogP) is 2.70. The van der Waals surface area contributed by atoms with Gasteiger partial charge in [-0.3, -0.25) is 9.59 Å².